The summed E-state index contributed by atoms with van der Waals surface area (Å²) in [6.45, 7) is 4.54. The summed E-state index contributed by atoms with van der Waals surface area (Å²) in [6, 6.07) is 5.90. The lowest BCUT2D eigenvalue weighted by atomic mass is 9.50. The highest BCUT2D eigenvalue weighted by Gasteiger charge is 2.62. The maximum absolute atomic E-state index is 11.0. The van der Waals surface area contributed by atoms with Crippen LogP contribution < -0.4 is 0 Å². The molecule has 2 nitrogen and oxygen atoms in total. The molecule has 6 atom stereocenters. The normalized spacial score (nSPS) is 44.8. The number of fused-ring (bicyclic) bond motifs is 5. The van der Waals surface area contributed by atoms with E-state index in [9.17, 15) is 10.2 Å². The first-order valence-corrected chi connectivity index (χ1v) is 8.91. The smallest absolute Gasteiger partial charge is 0.130 e. The van der Waals surface area contributed by atoms with Crippen molar-refractivity contribution >= 4 is 0 Å². The Balaban J connectivity index is 1.77. The number of phenols is 1. The highest BCUT2D eigenvalue weighted by molar-refractivity contribution is 5.41. The van der Waals surface area contributed by atoms with Crippen molar-refractivity contribution in [2.24, 2.45) is 23.2 Å². The zero-order valence-corrected chi connectivity index (χ0v) is 14.0. The molecule has 3 aliphatic rings. The van der Waals surface area contributed by atoms with Gasteiger partial charge in [0.15, 0.2) is 0 Å². The molecule has 2 N–H and O–H groups in total. The van der Waals surface area contributed by atoms with Gasteiger partial charge < -0.3 is 10.2 Å². The van der Waals surface area contributed by atoms with E-state index < -0.39 is 5.60 Å². The second-order valence-corrected chi connectivity index (χ2v) is 8.36. The van der Waals surface area contributed by atoms with Crippen molar-refractivity contribution in [2.75, 3.05) is 0 Å². The molecule has 2 fully saturated rings. The van der Waals surface area contributed by atoms with E-state index in [1.165, 1.54) is 11.1 Å². The van der Waals surface area contributed by atoms with Crippen molar-refractivity contribution in [1.82, 2.24) is 0 Å². The Morgan fingerprint density at radius 2 is 2.09 bits per heavy atom. The van der Waals surface area contributed by atoms with Crippen molar-refractivity contribution in [2.45, 2.75) is 57.5 Å². The average Bonchev–Trinajstić information content (AvgIpc) is 2.78. The summed E-state index contributed by atoms with van der Waals surface area (Å²) in [7, 11) is 0. The summed E-state index contributed by atoms with van der Waals surface area (Å²) in [4.78, 5) is 0. The topological polar surface area (TPSA) is 40.5 Å². The molecule has 0 radical (unpaired) electrons. The van der Waals surface area contributed by atoms with Crippen LogP contribution in [0.15, 0.2) is 18.2 Å². The fraction of sp³-hybridized carbons (Fsp3) is 0.619. The molecule has 0 aromatic heterocycles. The molecule has 0 heterocycles. The molecule has 2 heteroatoms. The fourth-order valence-corrected chi connectivity index (χ4v) is 6.36. The predicted molar refractivity (Wildman–Crippen MR) is 91.1 cm³/mol. The number of rotatable bonds is 0. The number of benzene rings is 1. The molecule has 0 amide bonds. The molecule has 2 saturated carbocycles. The summed E-state index contributed by atoms with van der Waals surface area (Å²) >= 11 is 0. The van der Waals surface area contributed by atoms with E-state index in [1.807, 2.05) is 12.1 Å². The van der Waals surface area contributed by atoms with Gasteiger partial charge in [-0.1, -0.05) is 25.8 Å². The largest absolute Gasteiger partial charge is 0.508 e. The first-order valence-electron chi connectivity index (χ1n) is 8.91. The number of hydrogen-bond acceptors (Lipinski definition) is 2. The average molecular weight is 310 g/mol. The molecule has 1 aromatic carbocycles. The van der Waals surface area contributed by atoms with E-state index in [1.54, 1.807) is 0 Å². The van der Waals surface area contributed by atoms with E-state index in [2.05, 4.69) is 25.8 Å². The van der Waals surface area contributed by atoms with Crippen LogP contribution in [0.4, 0.5) is 0 Å². The molecule has 0 aliphatic heterocycles. The van der Waals surface area contributed by atoms with Gasteiger partial charge in [0, 0.05) is 5.41 Å². The molecule has 1 aromatic rings. The number of phenolic OH excluding ortho intramolecular Hbond substituents is 1. The number of hydrogen-bond donors (Lipinski definition) is 2. The Morgan fingerprint density at radius 1 is 1.30 bits per heavy atom. The highest BCUT2D eigenvalue weighted by Crippen LogP contribution is 2.65. The van der Waals surface area contributed by atoms with Crippen molar-refractivity contribution in [3.05, 3.63) is 29.3 Å². The van der Waals surface area contributed by atoms with Gasteiger partial charge in [0.2, 0.25) is 0 Å². The predicted octanol–water partition coefficient (Wildman–Crippen LogP) is 3.86. The quantitative estimate of drug-likeness (QED) is 0.714. The molecule has 23 heavy (non-hydrogen) atoms. The summed E-state index contributed by atoms with van der Waals surface area (Å²) in [6.07, 6.45) is 10.7. The Labute approximate surface area is 138 Å². The van der Waals surface area contributed by atoms with Crippen LogP contribution in [0.1, 0.15) is 56.6 Å². The summed E-state index contributed by atoms with van der Waals surface area (Å²) in [5.74, 6) is 5.27. The van der Waals surface area contributed by atoms with E-state index in [-0.39, 0.29) is 5.41 Å². The number of terminal acetylenes is 1. The zero-order valence-electron chi connectivity index (χ0n) is 14.0. The van der Waals surface area contributed by atoms with Gasteiger partial charge in [0.05, 0.1) is 0 Å². The molecule has 0 saturated heterocycles. The Kier molecular flexibility index (Phi) is 3.13. The van der Waals surface area contributed by atoms with Crippen molar-refractivity contribution in [3.63, 3.8) is 0 Å². The van der Waals surface area contributed by atoms with Gasteiger partial charge in [0.25, 0.3) is 0 Å². The van der Waals surface area contributed by atoms with Crippen LogP contribution in [0.25, 0.3) is 0 Å². The third-order valence-electron chi connectivity index (χ3n) is 7.39. The van der Waals surface area contributed by atoms with Crippen molar-refractivity contribution in [1.29, 1.82) is 0 Å². The van der Waals surface area contributed by atoms with Crippen LogP contribution in [-0.4, -0.2) is 15.8 Å². The highest BCUT2D eigenvalue weighted by atomic mass is 16.3. The zero-order chi connectivity index (χ0) is 16.4. The van der Waals surface area contributed by atoms with E-state index in [4.69, 9.17) is 6.42 Å². The van der Waals surface area contributed by atoms with Gasteiger partial charge in [-0.2, -0.15) is 0 Å². The minimum atomic E-state index is -0.938. The molecule has 4 rings (SSSR count). The second-order valence-electron chi connectivity index (χ2n) is 8.36. The lowest BCUT2D eigenvalue weighted by molar-refractivity contribution is -0.0811. The molecular formula is C21H26O2. The lowest BCUT2D eigenvalue weighted by Gasteiger charge is -2.54. The van der Waals surface area contributed by atoms with Crippen molar-refractivity contribution < 1.29 is 10.2 Å². The van der Waals surface area contributed by atoms with Gasteiger partial charge in [-0.3, -0.25) is 0 Å². The Hall–Kier alpha value is -1.46. The van der Waals surface area contributed by atoms with Crippen LogP contribution in [0.2, 0.25) is 0 Å². The Bertz CT molecular complexity index is 688. The first kappa shape index (κ1) is 15.1. The maximum Gasteiger partial charge on any atom is 0.130 e. The second kappa shape index (κ2) is 4.77. The minimum absolute atomic E-state index is 0.156. The van der Waals surface area contributed by atoms with Crippen molar-refractivity contribution in [3.8, 4) is 18.1 Å². The summed E-state index contributed by atoms with van der Waals surface area (Å²) in [5.41, 5.74) is 1.64. The van der Waals surface area contributed by atoms with E-state index in [0.29, 0.717) is 29.4 Å². The lowest BCUT2D eigenvalue weighted by Crippen LogP contribution is -2.52. The standard InChI is InChI=1S/C21H26O2/c1-4-21(23)10-9-18-17-7-5-14-11-15(22)6-8-16(14)19(17)13(2)12-20(18,21)3/h1,6,8,11,13,17-19,22-23H,5,7,9-10,12H2,2-3H3. The molecule has 0 bridgehead atoms. The third kappa shape index (κ3) is 1.86. The van der Waals surface area contributed by atoms with Crippen LogP contribution in [-0.2, 0) is 6.42 Å². The fourth-order valence-electron chi connectivity index (χ4n) is 6.36. The first-order chi connectivity index (χ1) is 10.9. The Morgan fingerprint density at radius 3 is 2.83 bits per heavy atom. The third-order valence-corrected chi connectivity index (χ3v) is 7.39. The number of aliphatic hydroxyl groups is 1. The molecule has 122 valence electrons. The van der Waals surface area contributed by atoms with Crippen LogP contribution in [0.5, 0.6) is 5.75 Å². The molecule has 6 unspecified atom stereocenters. The SMILES string of the molecule is C#CC1(O)CCC2C3CCc4cc(O)ccc4C3C(C)CC21C. The monoisotopic (exact) mass is 310 g/mol. The number of aryl methyl sites for hydroxylation is 1. The molecule has 3 aliphatic carbocycles. The maximum atomic E-state index is 11.0. The number of aromatic hydroxyl groups is 1. The van der Waals surface area contributed by atoms with Crippen LogP contribution in [0.3, 0.4) is 0 Å². The molecular weight excluding hydrogens is 284 g/mol. The van der Waals surface area contributed by atoms with E-state index in [0.717, 1.165) is 32.1 Å². The van der Waals surface area contributed by atoms with Gasteiger partial charge in [0.1, 0.15) is 11.4 Å². The van der Waals surface area contributed by atoms with Crippen LogP contribution >= 0.6 is 0 Å². The van der Waals surface area contributed by atoms with Gasteiger partial charge in [-0.05, 0) is 79.0 Å². The van der Waals surface area contributed by atoms with Gasteiger partial charge in [-0.15, -0.1) is 6.42 Å². The minimum Gasteiger partial charge on any atom is -0.508 e. The summed E-state index contributed by atoms with van der Waals surface area (Å²) in [5, 5.41) is 20.8. The van der Waals surface area contributed by atoms with E-state index >= 15 is 0 Å². The van der Waals surface area contributed by atoms with Gasteiger partial charge in [-0.25, -0.2) is 0 Å². The molecule has 0 spiro atoms. The van der Waals surface area contributed by atoms with Crippen LogP contribution in [0, 0.1) is 35.5 Å². The van der Waals surface area contributed by atoms with Gasteiger partial charge >= 0.3 is 0 Å². The summed E-state index contributed by atoms with van der Waals surface area (Å²) < 4.78 is 0.